The summed E-state index contributed by atoms with van der Waals surface area (Å²) < 4.78 is 5.98. The fourth-order valence-corrected chi connectivity index (χ4v) is 5.05. The van der Waals surface area contributed by atoms with Crippen LogP contribution in [0.25, 0.3) is 11.1 Å². The highest BCUT2D eigenvalue weighted by atomic mass is 16.5. The van der Waals surface area contributed by atoms with Crippen LogP contribution in [0.5, 0.6) is 5.75 Å². The smallest absolute Gasteiger partial charge is 0.323 e. The summed E-state index contributed by atoms with van der Waals surface area (Å²) in [4.78, 5) is 13.3. The standard InChI is InChI=1S/C30H32O2/c1-7-30(5,6)21-16-24-26(28(31)32-27(24)25(17-21)29(2,3)4)20-13-12-19-14-18-10-8-9-11-22(18)23(19)15-20/h8-13,15-17,26H,7,14H2,1-6H3. The van der Waals surface area contributed by atoms with E-state index in [-0.39, 0.29) is 22.7 Å². The molecule has 2 heteroatoms. The Morgan fingerprint density at radius 1 is 0.906 bits per heavy atom. The molecule has 0 radical (unpaired) electrons. The van der Waals surface area contributed by atoms with Crippen LogP contribution in [0.1, 0.15) is 87.3 Å². The fourth-order valence-electron chi connectivity index (χ4n) is 5.05. The zero-order chi connectivity index (χ0) is 22.8. The van der Waals surface area contributed by atoms with Crippen molar-refractivity contribution in [3.8, 4) is 16.9 Å². The number of carbonyl (C=O) groups excluding carboxylic acids is 1. The van der Waals surface area contributed by atoms with Gasteiger partial charge in [0, 0.05) is 11.1 Å². The van der Waals surface area contributed by atoms with Crippen molar-refractivity contribution in [1.29, 1.82) is 0 Å². The van der Waals surface area contributed by atoms with E-state index in [9.17, 15) is 4.79 Å². The second-order valence-corrected chi connectivity index (χ2v) is 11.0. The third-order valence-corrected chi connectivity index (χ3v) is 7.50. The molecule has 1 heterocycles. The third-order valence-electron chi connectivity index (χ3n) is 7.50. The van der Waals surface area contributed by atoms with Gasteiger partial charge >= 0.3 is 5.97 Å². The largest absolute Gasteiger partial charge is 0.425 e. The Morgan fingerprint density at radius 2 is 1.62 bits per heavy atom. The van der Waals surface area contributed by atoms with Gasteiger partial charge in [0.15, 0.2) is 0 Å². The average Bonchev–Trinajstić information content (AvgIpc) is 3.28. The van der Waals surface area contributed by atoms with Crippen molar-refractivity contribution in [2.24, 2.45) is 0 Å². The van der Waals surface area contributed by atoms with E-state index in [1.54, 1.807) is 0 Å². The SMILES string of the molecule is CCC(C)(C)c1cc2c(c(C(C)(C)C)c1)OC(=O)C2c1ccc2c(c1)-c1ccccc1C2. The maximum Gasteiger partial charge on any atom is 0.323 e. The highest BCUT2D eigenvalue weighted by molar-refractivity contribution is 5.91. The van der Waals surface area contributed by atoms with Gasteiger partial charge in [-0.1, -0.05) is 90.1 Å². The van der Waals surface area contributed by atoms with E-state index in [1.807, 2.05) is 0 Å². The van der Waals surface area contributed by atoms with Crippen molar-refractivity contribution >= 4 is 5.97 Å². The van der Waals surface area contributed by atoms with Crippen molar-refractivity contribution < 1.29 is 9.53 Å². The van der Waals surface area contributed by atoms with E-state index in [0.717, 1.165) is 35.3 Å². The Hall–Kier alpha value is -2.87. The summed E-state index contributed by atoms with van der Waals surface area (Å²) in [6.07, 6.45) is 1.99. The Kier molecular flexibility index (Phi) is 4.64. The van der Waals surface area contributed by atoms with Gasteiger partial charge in [-0.05, 0) is 63.1 Å². The van der Waals surface area contributed by atoms with Gasteiger partial charge in [-0.25, -0.2) is 0 Å². The lowest BCUT2D eigenvalue weighted by molar-refractivity contribution is -0.133. The molecule has 0 spiro atoms. The fraction of sp³-hybridized carbons (Fsp3) is 0.367. The summed E-state index contributed by atoms with van der Waals surface area (Å²) in [7, 11) is 0. The highest BCUT2D eigenvalue weighted by Gasteiger charge is 2.40. The van der Waals surface area contributed by atoms with Crippen molar-refractivity contribution in [2.75, 3.05) is 0 Å². The first-order valence-electron chi connectivity index (χ1n) is 11.7. The topological polar surface area (TPSA) is 26.3 Å². The first-order valence-corrected chi connectivity index (χ1v) is 11.7. The molecule has 164 valence electrons. The third kappa shape index (κ3) is 3.20. The number of esters is 1. The molecule has 1 aliphatic carbocycles. The van der Waals surface area contributed by atoms with Crippen molar-refractivity contribution in [3.05, 3.63) is 88.0 Å². The maximum absolute atomic E-state index is 13.3. The Balaban J connectivity index is 1.69. The molecule has 0 N–H and O–H groups in total. The van der Waals surface area contributed by atoms with Crippen molar-refractivity contribution in [3.63, 3.8) is 0 Å². The van der Waals surface area contributed by atoms with Crippen LogP contribution in [0, 0.1) is 0 Å². The summed E-state index contributed by atoms with van der Waals surface area (Å²) in [5.74, 6) is 0.226. The Morgan fingerprint density at radius 3 is 2.34 bits per heavy atom. The summed E-state index contributed by atoms with van der Waals surface area (Å²) >= 11 is 0. The van der Waals surface area contributed by atoms with Crippen LogP contribution in [0.4, 0.5) is 0 Å². The lowest BCUT2D eigenvalue weighted by Gasteiger charge is -2.29. The predicted octanol–water partition coefficient (Wildman–Crippen LogP) is 7.29. The highest BCUT2D eigenvalue weighted by Crippen LogP contribution is 2.48. The Labute approximate surface area is 191 Å². The first-order chi connectivity index (χ1) is 15.1. The van der Waals surface area contributed by atoms with Crippen LogP contribution in [-0.4, -0.2) is 5.97 Å². The molecule has 1 unspecified atom stereocenters. The monoisotopic (exact) mass is 424 g/mol. The number of hydrogen-bond acceptors (Lipinski definition) is 2. The number of ether oxygens (including phenoxy) is 1. The van der Waals surface area contributed by atoms with Gasteiger partial charge in [-0.15, -0.1) is 0 Å². The van der Waals surface area contributed by atoms with E-state index < -0.39 is 0 Å². The van der Waals surface area contributed by atoms with E-state index in [2.05, 4.69) is 96.1 Å². The van der Waals surface area contributed by atoms with Crippen LogP contribution >= 0.6 is 0 Å². The zero-order valence-corrected chi connectivity index (χ0v) is 20.0. The quantitative estimate of drug-likeness (QED) is 0.255. The second kappa shape index (κ2) is 7.07. The lowest BCUT2D eigenvalue weighted by Crippen LogP contribution is -2.19. The van der Waals surface area contributed by atoms with E-state index in [0.29, 0.717) is 0 Å². The number of fused-ring (bicyclic) bond motifs is 4. The molecule has 0 saturated carbocycles. The number of hydrogen-bond donors (Lipinski definition) is 0. The molecule has 0 saturated heterocycles. The molecular weight excluding hydrogens is 392 g/mol. The predicted molar refractivity (Wildman–Crippen MR) is 131 cm³/mol. The number of rotatable bonds is 3. The minimum Gasteiger partial charge on any atom is -0.425 e. The van der Waals surface area contributed by atoms with E-state index in [4.69, 9.17) is 4.74 Å². The minimum atomic E-state index is -0.378. The van der Waals surface area contributed by atoms with Crippen molar-refractivity contribution in [2.45, 2.75) is 71.1 Å². The van der Waals surface area contributed by atoms with Gasteiger partial charge in [0.25, 0.3) is 0 Å². The molecule has 3 aromatic rings. The first kappa shape index (κ1) is 21.0. The van der Waals surface area contributed by atoms with Crippen LogP contribution in [0.2, 0.25) is 0 Å². The summed E-state index contributed by atoms with van der Waals surface area (Å²) in [5, 5.41) is 0. The van der Waals surface area contributed by atoms with Gasteiger partial charge in [0.2, 0.25) is 0 Å². The normalized spacial score (nSPS) is 17.1. The Bertz CT molecular complexity index is 1240. The van der Waals surface area contributed by atoms with Crippen molar-refractivity contribution in [1.82, 2.24) is 0 Å². The van der Waals surface area contributed by atoms with E-state index >= 15 is 0 Å². The molecular formula is C30H32O2. The average molecular weight is 425 g/mol. The molecule has 1 atom stereocenters. The zero-order valence-electron chi connectivity index (χ0n) is 20.0. The van der Waals surface area contributed by atoms with Gasteiger partial charge in [0.1, 0.15) is 11.7 Å². The van der Waals surface area contributed by atoms with Crippen LogP contribution in [0.3, 0.4) is 0 Å². The van der Waals surface area contributed by atoms with Crippen LogP contribution in [-0.2, 0) is 22.0 Å². The second-order valence-electron chi connectivity index (χ2n) is 11.0. The molecule has 3 aromatic carbocycles. The molecule has 2 nitrogen and oxygen atoms in total. The molecule has 5 rings (SSSR count). The molecule has 2 aliphatic rings. The molecule has 32 heavy (non-hydrogen) atoms. The van der Waals surface area contributed by atoms with Gasteiger partial charge < -0.3 is 4.74 Å². The summed E-state index contributed by atoms with van der Waals surface area (Å²) in [6, 6.07) is 19.6. The molecule has 1 aliphatic heterocycles. The number of carbonyl (C=O) groups is 1. The lowest BCUT2D eigenvalue weighted by atomic mass is 9.75. The van der Waals surface area contributed by atoms with Crippen LogP contribution < -0.4 is 4.74 Å². The molecule has 0 bridgehead atoms. The van der Waals surface area contributed by atoms with Gasteiger partial charge in [0.05, 0.1) is 0 Å². The molecule has 0 amide bonds. The van der Waals surface area contributed by atoms with E-state index in [1.165, 1.54) is 27.8 Å². The van der Waals surface area contributed by atoms with Gasteiger partial charge in [-0.3, -0.25) is 4.79 Å². The molecule has 0 fully saturated rings. The van der Waals surface area contributed by atoms with Gasteiger partial charge in [-0.2, -0.15) is 0 Å². The van der Waals surface area contributed by atoms with Crippen LogP contribution in [0.15, 0.2) is 54.6 Å². The minimum absolute atomic E-state index is 0.0299. The molecule has 0 aromatic heterocycles. The summed E-state index contributed by atoms with van der Waals surface area (Å²) in [6.45, 7) is 13.4. The number of benzene rings is 3. The maximum atomic E-state index is 13.3. The summed E-state index contributed by atoms with van der Waals surface area (Å²) in [5.41, 5.74) is 9.58.